The van der Waals surface area contributed by atoms with Crippen LogP contribution in [0.4, 0.5) is 0 Å². The molecule has 0 atom stereocenters. The quantitative estimate of drug-likeness (QED) is 0.351. The van der Waals surface area contributed by atoms with Crippen LogP contribution in [0, 0.1) is 11.5 Å². The van der Waals surface area contributed by atoms with Gasteiger partial charge >= 0.3 is 0 Å². The Labute approximate surface area is 115 Å². The largest absolute Gasteiger partial charge is 0.207 e. The lowest BCUT2D eigenvalue weighted by Crippen LogP contribution is -1.85. The summed E-state index contributed by atoms with van der Waals surface area (Å²) in [5.41, 5.74) is 0. The van der Waals surface area contributed by atoms with Crippen LogP contribution in [0.5, 0.6) is 0 Å². The summed E-state index contributed by atoms with van der Waals surface area (Å²) in [7, 11) is 0. The van der Waals surface area contributed by atoms with Crippen molar-refractivity contribution in [3.05, 3.63) is 60.7 Å². The number of hydrogen-bond donors (Lipinski definition) is 0. The van der Waals surface area contributed by atoms with Gasteiger partial charge in [0.2, 0.25) is 6.19 Å². The molecule has 2 rings (SSSR count). The van der Waals surface area contributed by atoms with Gasteiger partial charge in [-0.25, -0.2) is 0 Å². The van der Waals surface area contributed by atoms with E-state index in [1.807, 2.05) is 66.9 Å². The Kier molecular flexibility index (Phi) is 4.88. The minimum Gasteiger partial charge on any atom is -0.170 e. The molecule has 0 heterocycles. The normalized spacial score (nSPS) is 9.50. The maximum absolute atomic E-state index is 8.73. The van der Waals surface area contributed by atoms with Crippen molar-refractivity contribution in [3.8, 4) is 6.19 Å². The predicted octanol–water partition coefficient (Wildman–Crippen LogP) is 4.41. The molecule has 0 bridgehead atoms. The molecular weight excluding hydrogens is 260 g/mol. The standard InChI is InChI=1S/C14H10N2S2/c15-11-16-14(17-12-7-3-1-4-8-12)18-13-9-5-2-6-10-13/h1-10H. The number of thioether (sulfide) groups is 2. The van der Waals surface area contributed by atoms with Crippen LogP contribution in [0.2, 0.25) is 0 Å². The number of aliphatic imine (C=N–C) groups is 1. The summed E-state index contributed by atoms with van der Waals surface area (Å²) >= 11 is 3.00. The molecule has 88 valence electrons. The van der Waals surface area contributed by atoms with E-state index >= 15 is 0 Å². The fraction of sp³-hybridized carbons (Fsp3) is 0. The van der Waals surface area contributed by atoms with Gasteiger partial charge in [0.05, 0.1) is 0 Å². The van der Waals surface area contributed by atoms with Gasteiger partial charge in [-0.3, -0.25) is 0 Å². The number of nitriles is 1. The van der Waals surface area contributed by atoms with E-state index in [0.717, 1.165) is 14.2 Å². The van der Waals surface area contributed by atoms with Crippen molar-refractivity contribution in [1.29, 1.82) is 5.26 Å². The summed E-state index contributed by atoms with van der Waals surface area (Å²) in [5, 5.41) is 8.73. The fourth-order valence-electron chi connectivity index (χ4n) is 1.29. The molecule has 0 saturated heterocycles. The Bertz CT molecular complexity index is 516. The third kappa shape index (κ3) is 3.95. The molecule has 0 saturated carbocycles. The Morgan fingerprint density at radius 2 is 1.28 bits per heavy atom. The molecule has 0 fully saturated rings. The van der Waals surface area contributed by atoms with E-state index in [1.165, 1.54) is 23.5 Å². The van der Waals surface area contributed by atoms with E-state index in [2.05, 4.69) is 4.99 Å². The first kappa shape index (κ1) is 12.7. The molecule has 0 aliphatic carbocycles. The molecule has 2 aromatic rings. The first-order valence-corrected chi connectivity index (χ1v) is 6.94. The summed E-state index contributed by atoms with van der Waals surface area (Å²) in [5.74, 6) is 0. The SMILES string of the molecule is N#CN=C(Sc1ccccc1)Sc1ccccc1. The molecule has 0 unspecified atom stereocenters. The Balaban J connectivity index is 2.11. The smallest absolute Gasteiger partial charge is 0.170 e. The molecular formula is C14H10N2S2. The zero-order chi connectivity index (χ0) is 12.6. The van der Waals surface area contributed by atoms with Gasteiger partial charge in [0.15, 0.2) is 4.38 Å². The Hall–Kier alpha value is -1.70. The highest BCUT2D eigenvalue weighted by atomic mass is 32.2. The molecule has 18 heavy (non-hydrogen) atoms. The van der Waals surface area contributed by atoms with Crippen LogP contribution in [0.1, 0.15) is 0 Å². The fourth-order valence-corrected chi connectivity index (χ4v) is 3.19. The van der Waals surface area contributed by atoms with Crippen LogP contribution in [-0.2, 0) is 0 Å². The van der Waals surface area contributed by atoms with E-state index in [0.29, 0.717) is 0 Å². The van der Waals surface area contributed by atoms with Crippen molar-refractivity contribution in [2.45, 2.75) is 9.79 Å². The number of hydrogen-bond acceptors (Lipinski definition) is 4. The monoisotopic (exact) mass is 270 g/mol. The van der Waals surface area contributed by atoms with Gasteiger partial charge in [0.1, 0.15) is 0 Å². The van der Waals surface area contributed by atoms with Gasteiger partial charge in [-0.15, -0.1) is 0 Å². The van der Waals surface area contributed by atoms with Crippen LogP contribution < -0.4 is 0 Å². The molecule has 0 aliphatic heterocycles. The van der Waals surface area contributed by atoms with Crippen molar-refractivity contribution in [2.75, 3.05) is 0 Å². The van der Waals surface area contributed by atoms with Crippen LogP contribution in [0.3, 0.4) is 0 Å². The molecule has 4 heteroatoms. The molecule has 0 N–H and O–H groups in total. The molecule has 2 nitrogen and oxygen atoms in total. The lowest BCUT2D eigenvalue weighted by atomic mass is 10.4. The van der Waals surface area contributed by atoms with Crippen molar-refractivity contribution in [2.24, 2.45) is 4.99 Å². The third-order valence-corrected chi connectivity index (χ3v) is 4.09. The summed E-state index contributed by atoms with van der Waals surface area (Å²) in [4.78, 5) is 6.02. The van der Waals surface area contributed by atoms with Crippen molar-refractivity contribution >= 4 is 27.9 Å². The van der Waals surface area contributed by atoms with Gasteiger partial charge in [-0.2, -0.15) is 10.3 Å². The predicted molar refractivity (Wildman–Crippen MR) is 77.6 cm³/mol. The highest BCUT2D eigenvalue weighted by molar-refractivity contribution is 8.38. The topological polar surface area (TPSA) is 36.1 Å². The lowest BCUT2D eigenvalue weighted by molar-refractivity contribution is 1.44. The van der Waals surface area contributed by atoms with E-state index in [-0.39, 0.29) is 0 Å². The first-order chi connectivity index (χ1) is 8.88. The molecule has 0 aromatic heterocycles. The van der Waals surface area contributed by atoms with Gasteiger partial charge in [0.25, 0.3) is 0 Å². The molecule has 2 aromatic carbocycles. The minimum atomic E-state index is 0.731. The van der Waals surface area contributed by atoms with Crippen LogP contribution >= 0.6 is 23.5 Å². The summed E-state index contributed by atoms with van der Waals surface area (Å²) in [6.45, 7) is 0. The minimum absolute atomic E-state index is 0.731. The molecule has 0 radical (unpaired) electrons. The molecule has 0 amide bonds. The van der Waals surface area contributed by atoms with Gasteiger partial charge in [-0.05, 0) is 24.3 Å². The first-order valence-electron chi connectivity index (χ1n) is 5.31. The number of rotatable bonds is 2. The van der Waals surface area contributed by atoms with Gasteiger partial charge in [-0.1, -0.05) is 59.9 Å². The summed E-state index contributed by atoms with van der Waals surface area (Å²) in [6, 6.07) is 19.8. The second kappa shape index (κ2) is 6.90. The number of nitrogens with zero attached hydrogens (tertiary/aromatic N) is 2. The second-order valence-corrected chi connectivity index (χ2v) is 5.69. The maximum Gasteiger partial charge on any atom is 0.207 e. The highest BCUT2D eigenvalue weighted by Crippen LogP contribution is 2.30. The van der Waals surface area contributed by atoms with Crippen LogP contribution in [-0.4, -0.2) is 4.38 Å². The summed E-state index contributed by atoms with van der Waals surface area (Å²) in [6.07, 6.45) is 1.85. The van der Waals surface area contributed by atoms with Gasteiger partial charge < -0.3 is 0 Å². The van der Waals surface area contributed by atoms with Crippen molar-refractivity contribution in [1.82, 2.24) is 0 Å². The zero-order valence-electron chi connectivity index (χ0n) is 9.48. The van der Waals surface area contributed by atoms with E-state index in [9.17, 15) is 0 Å². The molecule has 0 spiro atoms. The number of benzene rings is 2. The zero-order valence-corrected chi connectivity index (χ0v) is 11.1. The Morgan fingerprint density at radius 1 is 0.833 bits per heavy atom. The molecule has 0 aliphatic rings. The van der Waals surface area contributed by atoms with Crippen molar-refractivity contribution < 1.29 is 0 Å². The third-order valence-electron chi connectivity index (χ3n) is 2.04. The average molecular weight is 270 g/mol. The van der Waals surface area contributed by atoms with E-state index < -0.39 is 0 Å². The Morgan fingerprint density at radius 3 is 1.67 bits per heavy atom. The summed E-state index contributed by atoms with van der Waals surface area (Å²) < 4.78 is 0.731. The van der Waals surface area contributed by atoms with Crippen LogP contribution in [0.25, 0.3) is 0 Å². The van der Waals surface area contributed by atoms with E-state index in [1.54, 1.807) is 0 Å². The van der Waals surface area contributed by atoms with E-state index in [4.69, 9.17) is 5.26 Å². The lowest BCUT2D eigenvalue weighted by Gasteiger charge is -2.03. The maximum atomic E-state index is 8.73. The van der Waals surface area contributed by atoms with Crippen molar-refractivity contribution in [3.63, 3.8) is 0 Å². The van der Waals surface area contributed by atoms with Crippen LogP contribution in [0.15, 0.2) is 75.4 Å². The van der Waals surface area contributed by atoms with Gasteiger partial charge in [0, 0.05) is 9.79 Å². The second-order valence-electron chi connectivity index (χ2n) is 3.31. The average Bonchev–Trinajstić information content (AvgIpc) is 2.41. The highest BCUT2D eigenvalue weighted by Gasteiger charge is 2.05.